The number of rotatable bonds is 9. The van der Waals surface area contributed by atoms with Crippen LogP contribution in [0.25, 0.3) is 0 Å². The fourth-order valence-electron chi connectivity index (χ4n) is 2.83. The van der Waals surface area contributed by atoms with Gasteiger partial charge in [-0.3, -0.25) is 9.59 Å². The highest BCUT2D eigenvalue weighted by Crippen LogP contribution is 2.26. The number of nitrogens with zero attached hydrogens (tertiary/aromatic N) is 2. The third kappa shape index (κ3) is 6.42. The van der Waals surface area contributed by atoms with Crippen molar-refractivity contribution in [2.75, 3.05) is 0 Å². The first-order valence-corrected chi connectivity index (χ1v) is 11.1. The first-order chi connectivity index (χ1) is 15.0. The van der Waals surface area contributed by atoms with Crippen molar-refractivity contribution in [1.29, 1.82) is 0 Å². The minimum atomic E-state index is -0.181. The van der Waals surface area contributed by atoms with Crippen LogP contribution in [0, 0.1) is 6.92 Å². The second kappa shape index (κ2) is 10.8. The molecule has 0 aliphatic heterocycles. The summed E-state index contributed by atoms with van der Waals surface area (Å²) in [6.07, 6.45) is 0.866. The van der Waals surface area contributed by atoms with Gasteiger partial charge in [0.2, 0.25) is 5.89 Å². The van der Waals surface area contributed by atoms with Gasteiger partial charge in [0.15, 0.2) is 5.82 Å². The molecule has 1 heterocycles. The molecule has 0 saturated heterocycles. The van der Waals surface area contributed by atoms with E-state index in [1.165, 1.54) is 11.8 Å². The third-order valence-electron chi connectivity index (χ3n) is 4.68. The van der Waals surface area contributed by atoms with Crippen molar-refractivity contribution in [3.8, 4) is 0 Å². The van der Waals surface area contributed by atoms with Crippen LogP contribution in [0.2, 0.25) is 0 Å². The molecule has 3 rings (SSSR count). The number of thioether (sulfide) groups is 1. The molecule has 0 fully saturated rings. The first kappa shape index (κ1) is 22.6. The van der Waals surface area contributed by atoms with Crippen LogP contribution in [-0.4, -0.2) is 28.0 Å². The molecule has 0 aliphatic rings. The Balaban J connectivity index is 1.62. The number of carbonyl (C=O) groups is 2. The monoisotopic (exact) mass is 438 g/mol. The zero-order chi connectivity index (χ0) is 22.2. The predicted molar refractivity (Wildman–Crippen MR) is 120 cm³/mol. The van der Waals surface area contributed by atoms with E-state index in [-0.39, 0.29) is 17.9 Å². The minimum Gasteiger partial charge on any atom is -0.350 e. The van der Waals surface area contributed by atoms with E-state index in [0.29, 0.717) is 35.1 Å². The maximum absolute atomic E-state index is 12.8. The Labute approximate surface area is 186 Å². The summed E-state index contributed by atoms with van der Waals surface area (Å²) < 4.78 is 5.14. The number of carbonyl (C=O) groups excluding carboxylic acids is 2. The Morgan fingerprint density at radius 3 is 2.68 bits per heavy atom. The number of hydrogen-bond donors (Lipinski definition) is 2. The van der Waals surface area contributed by atoms with Crippen molar-refractivity contribution in [3.05, 3.63) is 76.9 Å². The Kier molecular flexibility index (Phi) is 7.83. The summed E-state index contributed by atoms with van der Waals surface area (Å²) in [5, 5.41) is 9.68. The molecule has 2 N–H and O–H groups in total. The Hall–Kier alpha value is -3.13. The number of aromatic nitrogens is 2. The number of benzene rings is 2. The van der Waals surface area contributed by atoms with Gasteiger partial charge >= 0.3 is 0 Å². The molecule has 0 spiro atoms. The number of nitrogens with one attached hydrogen (secondary N) is 2. The van der Waals surface area contributed by atoms with E-state index >= 15 is 0 Å². The van der Waals surface area contributed by atoms with Crippen molar-refractivity contribution >= 4 is 23.6 Å². The van der Waals surface area contributed by atoms with E-state index < -0.39 is 0 Å². The van der Waals surface area contributed by atoms with Gasteiger partial charge in [-0.15, -0.1) is 11.8 Å². The van der Waals surface area contributed by atoms with Crippen LogP contribution in [0.4, 0.5) is 0 Å². The lowest BCUT2D eigenvalue weighted by molar-refractivity contribution is 0.0936. The maximum atomic E-state index is 12.8. The summed E-state index contributed by atoms with van der Waals surface area (Å²) in [6.45, 7) is 6.08. The predicted octanol–water partition coefficient (Wildman–Crippen LogP) is 4.13. The molecule has 3 aromatic rings. The fourth-order valence-corrected chi connectivity index (χ4v) is 3.71. The van der Waals surface area contributed by atoms with E-state index in [9.17, 15) is 9.59 Å². The van der Waals surface area contributed by atoms with Crippen LogP contribution in [-0.2, 0) is 12.3 Å². The van der Waals surface area contributed by atoms with Gasteiger partial charge in [0.1, 0.15) is 0 Å². The van der Waals surface area contributed by atoms with Crippen LogP contribution in [0.3, 0.4) is 0 Å². The molecule has 1 aromatic heterocycles. The Morgan fingerprint density at radius 2 is 1.94 bits per heavy atom. The van der Waals surface area contributed by atoms with Crippen molar-refractivity contribution in [3.63, 3.8) is 0 Å². The van der Waals surface area contributed by atoms with Crippen LogP contribution in [0.5, 0.6) is 0 Å². The minimum absolute atomic E-state index is 0.111. The molecule has 0 bridgehead atoms. The zero-order valence-electron chi connectivity index (χ0n) is 17.8. The highest BCUT2D eigenvalue weighted by molar-refractivity contribution is 7.98. The van der Waals surface area contributed by atoms with Gasteiger partial charge in [0.05, 0.1) is 11.3 Å². The highest BCUT2D eigenvalue weighted by Gasteiger charge is 2.14. The van der Waals surface area contributed by atoms with Gasteiger partial charge in [0.25, 0.3) is 11.8 Å². The summed E-state index contributed by atoms with van der Waals surface area (Å²) >= 11 is 1.47. The van der Waals surface area contributed by atoms with E-state index in [2.05, 4.69) is 20.8 Å². The molecule has 2 aromatic carbocycles. The summed E-state index contributed by atoms with van der Waals surface area (Å²) in [5.74, 6) is 1.30. The number of aryl methyl sites for hydroxylation is 1. The van der Waals surface area contributed by atoms with Crippen molar-refractivity contribution in [2.24, 2.45) is 0 Å². The van der Waals surface area contributed by atoms with E-state index in [4.69, 9.17) is 4.52 Å². The second-order valence-corrected chi connectivity index (χ2v) is 8.20. The van der Waals surface area contributed by atoms with Crippen LogP contribution >= 0.6 is 11.8 Å². The van der Waals surface area contributed by atoms with E-state index in [0.717, 1.165) is 16.9 Å². The van der Waals surface area contributed by atoms with Gasteiger partial charge in [-0.25, -0.2) is 0 Å². The van der Waals surface area contributed by atoms with Gasteiger partial charge in [-0.05, 0) is 50.1 Å². The molecule has 1 unspecified atom stereocenters. The average Bonchev–Trinajstić information content (AvgIpc) is 3.21. The fraction of sp³-hybridized carbons (Fsp3) is 0.304. The molecule has 162 valence electrons. The smallest absolute Gasteiger partial charge is 0.252 e. The van der Waals surface area contributed by atoms with E-state index in [1.54, 1.807) is 25.1 Å². The largest absolute Gasteiger partial charge is 0.350 e. The Morgan fingerprint density at radius 1 is 1.13 bits per heavy atom. The molecule has 1 atom stereocenters. The molecular weight excluding hydrogens is 412 g/mol. The third-order valence-corrected chi connectivity index (χ3v) is 5.74. The summed E-state index contributed by atoms with van der Waals surface area (Å²) in [6, 6.07) is 14.8. The summed E-state index contributed by atoms with van der Waals surface area (Å²) in [4.78, 5) is 30.2. The lowest BCUT2D eigenvalue weighted by Gasteiger charge is -2.12. The molecule has 8 heteroatoms. The van der Waals surface area contributed by atoms with Gasteiger partial charge < -0.3 is 15.2 Å². The molecule has 0 saturated carbocycles. The summed E-state index contributed by atoms with van der Waals surface area (Å²) in [7, 11) is 0. The first-order valence-electron chi connectivity index (χ1n) is 10.1. The normalized spacial score (nSPS) is 11.7. The highest BCUT2D eigenvalue weighted by atomic mass is 32.2. The number of amides is 2. The van der Waals surface area contributed by atoms with Gasteiger partial charge in [0, 0.05) is 23.0 Å². The Bertz CT molecular complexity index is 1050. The molecule has 31 heavy (non-hydrogen) atoms. The van der Waals surface area contributed by atoms with Gasteiger partial charge in [-0.2, -0.15) is 4.98 Å². The lowest BCUT2D eigenvalue weighted by atomic mass is 10.1. The SMILES string of the molecule is CCC(C)NC(=O)c1cccc(CNC(=O)c2ccccc2SCc2nc(C)no2)c1. The van der Waals surface area contributed by atoms with Crippen LogP contribution < -0.4 is 10.6 Å². The van der Waals surface area contributed by atoms with Gasteiger partial charge in [-0.1, -0.05) is 36.3 Å². The van der Waals surface area contributed by atoms with E-state index in [1.807, 2.05) is 44.2 Å². The average molecular weight is 439 g/mol. The topological polar surface area (TPSA) is 97.1 Å². The molecule has 2 amide bonds. The zero-order valence-corrected chi connectivity index (χ0v) is 18.7. The second-order valence-electron chi connectivity index (χ2n) is 7.19. The molecule has 0 radical (unpaired) electrons. The van der Waals surface area contributed by atoms with Crippen LogP contribution in [0.15, 0.2) is 57.9 Å². The van der Waals surface area contributed by atoms with Crippen LogP contribution in [0.1, 0.15) is 58.3 Å². The van der Waals surface area contributed by atoms with Crippen molar-refractivity contribution < 1.29 is 14.1 Å². The van der Waals surface area contributed by atoms with Crippen molar-refractivity contribution in [1.82, 2.24) is 20.8 Å². The maximum Gasteiger partial charge on any atom is 0.252 e. The molecular formula is C23H26N4O3S. The standard InChI is InChI=1S/C23H26N4O3S/c1-4-15(2)25-22(28)18-9-7-8-17(12-18)13-24-23(29)19-10-5-6-11-20(19)31-14-21-26-16(3)27-30-21/h5-12,15H,4,13-14H2,1-3H3,(H,24,29)(H,25,28). The quantitative estimate of drug-likeness (QED) is 0.488. The lowest BCUT2D eigenvalue weighted by Crippen LogP contribution is -2.32. The molecule has 0 aliphatic carbocycles. The molecule has 7 nitrogen and oxygen atoms in total. The number of hydrogen-bond acceptors (Lipinski definition) is 6. The van der Waals surface area contributed by atoms with Crippen molar-refractivity contribution in [2.45, 2.75) is 50.4 Å². The summed E-state index contributed by atoms with van der Waals surface area (Å²) in [5.41, 5.74) is 2.02.